The number of nitrogens with zero attached hydrogens (tertiary/aromatic N) is 1. The summed E-state index contributed by atoms with van der Waals surface area (Å²) in [6.07, 6.45) is 1.21. The molecule has 0 bridgehead atoms. The van der Waals surface area contributed by atoms with Gasteiger partial charge in [-0.2, -0.15) is 0 Å². The van der Waals surface area contributed by atoms with Crippen LogP contribution < -0.4 is 10.6 Å². The molecule has 0 saturated carbocycles. The van der Waals surface area contributed by atoms with Crippen LogP contribution in [0.2, 0.25) is 5.02 Å². The molecule has 0 radical (unpaired) electrons. The van der Waals surface area contributed by atoms with Crippen LogP contribution in [0.1, 0.15) is 37.0 Å². The number of hydrogen-bond donors (Lipinski definition) is 2. The zero-order chi connectivity index (χ0) is 19.8. The molecule has 1 aliphatic rings. The summed E-state index contributed by atoms with van der Waals surface area (Å²) in [6.45, 7) is 5.87. The van der Waals surface area contributed by atoms with E-state index in [0.717, 1.165) is 0 Å². The summed E-state index contributed by atoms with van der Waals surface area (Å²) in [7, 11) is 0. The second kappa shape index (κ2) is 10.3. The molecule has 2 N–H and O–H groups in total. The molecular formula is C19H26ClN3O4. The molecule has 0 aliphatic carbocycles. The molecule has 1 aromatic rings. The quantitative estimate of drug-likeness (QED) is 0.741. The first-order chi connectivity index (χ1) is 13.0. The molecule has 1 heterocycles. The van der Waals surface area contributed by atoms with E-state index in [4.69, 9.17) is 16.3 Å². The lowest BCUT2D eigenvalue weighted by Crippen LogP contribution is -2.42. The summed E-state index contributed by atoms with van der Waals surface area (Å²) in [4.78, 5) is 38.0. The smallest absolute Gasteiger partial charge is 0.252 e. The summed E-state index contributed by atoms with van der Waals surface area (Å²) in [5.74, 6) is -0.551. The number of anilines is 1. The standard InChI is InChI=1S/C19H26ClN3O4/c1-3-21-19(26)15-6-5-14(11-16(15)20)22-18(25)13-7-9-23(10-8-13)17(24)12-27-4-2/h5-6,11,13H,3-4,7-10,12H2,1-2H3,(H,21,26)(H,22,25). The molecule has 27 heavy (non-hydrogen) atoms. The molecule has 3 amide bonds. The van der Waals surface area contributed by atoms with Gasteiger partial charge in [-0.05, 0) is 44.9 Å². The number of hydrogen-bond acceptors (Lipinski definition) is 4. The van der Waals surface area contributed by atoms with Crippen LogP contribution in [0, 0.1) is 5.92 Å². The first-order valence-corrected chi connectivity index (χ1v) is 9.58. The maximum Gasteiger partial charge on any atom is 0.252 e. The lowest BCUT2D eigenvalue weighted by Gasteiger charge is -2.31. The highest BCUT2D eigenvalue weighted by atomic mass is 35.5. The zero-order valence-electron chi connectivity index (χ0n) is 15.7. The molecule has 7 nitrogen and oxygen atoms in total. The van der Waals surface area contributed by atoms with Gasteiger partial charge in [0, 0.05) is 37.8 Å². The number of carbonyl (C=O) groups excluding carboxylic acids is 3. The lowest BCUT2D eigenvalue weighted by molar-refractivity contribution is -0.138. The summed E-state index contributed by atoms with van der Waals surface area (Å²) in [5, 5.41) is 5.82. The second-order valence-corrected chi connectivity index (χ2v) is 6.74. The number of carbonyl (C=O) groups is 3. The number of halogens is 1. The third-order valence-electron chi connectivity index (χ3n) is 4.47. The van der Waals surface area contributed by atoms with Crippen LogP contribution in [-0.2, 0) is 14.3 Å². The number of amides is 3. The Kier molecular flexibility index (Phi) is 8.06. The van der Waals surface area contributed by atoms with E-state index in [2.05, 4.69) is 10.6 Å². The molecule has 0 unspecified atom stereocenters. The van der Waals surface area contributed by atoms with E-state index in [1.54, 1.807) is 23.1 Å². The molecule has 2 rings (SSSR count). The number of rotatable bonds is 7. The first kappa shape index (κ1) is 21.2. The van der Waals surface area contributed by atoms with Gasteiger partial charge in [-0.15, -0.1) is 0 Å². The van der Waals surface area contributed by atoms with Gasteiger partial charge in [-0.1, -0.05) is 11.6 Å². The van der Waals surface area contributed by atoms with Gasteiger partial charge >= 0.3 is 0 Å². The van der Waals surface area contributed by atoms with Crippen LogP contribution in [0.15, 0.2) is 18.2 Å². The van der Waals surface area contributed by atoms with Gasteiger partial charge in [-0.25, -0.2) is 0 Å². The van der Waals surface area contributed by atoms with Crippen molar-refractivity contribution in [2.75, 3.05) is 38.2 Å². The van der Waals surface area contributed by atoms with Crippen molar-refractivity contribution >= 4 is 35.0 Å². The Morgan fingerprint density at radius 1 is 1.22 bits per heavy atom. The molecule has 1 aliphatic heterocycles. The second-order valence-electron chi connectivity index (χ2n) is 6.34. The maximum absolute atomic E-state index is 12.5. The fraction of sp³-hybridized carbons (Fsp3) is 0.526. The number of benzene rings is 1. The average Bonchev–Trinajstić information content (AvgIpc) is 2.66. The Bertz CT molecular complexity index is 688. The third-order valence-corrected chi connectivity index (χ3v) is 4.78. The molecule has 1 fully saturated rings. The van der Waals surface area contributed by atoms with Crippen LogP contribution in [0.3, 0.4) is 0 Å². The Hall–Kier alpha value is -2.12. The predicted octanol–water partition coefficient (Wildman–Crippen LogP) is 2.30. The Balaban J connectivity index is 1.88. The van der Waals surface area contributed by atoms with Crippen LogP contribution in [0.5, 0.6) is 0 Å². The highest BCUT2D eigenvalue weighted by Gasteiger charge is 2.27. The monoisotopic (exact) mass is 395 g/mol. The van der Waals surface area contributed by atoms with Crippen molar-refractivity contribution in [2.24, 2.45) is 5.92 Å². The van der Waals surface area contributed by atoms with Gasteiger partial charge in [0.2, 0.25) is 11.8 Å². The van der Waals surface area contributed by atoms with Crippen LogP contribution >= 0.6 is 11.6 Å². The fourth-order valence-corrected chi connectivity index (χ4v) is 3.22. The van der Waals surface area contributed by atoms with E-state index in [9.17, 15) is 14.4 Å². The summed E-state index contributed by atoms with van der Waals surface area (Å²) < 4.78 is 5.14. The van der Waals surface area contributed by atoms with Crippen molar-refractivity contribution in [3.8, 4) is 0 Å². The van der Waals surface area contributed by atoms with Crippen molar-refractivity contribution in [1.82, 2.24) is 10.2 Å². The van der Waals surface area contributed by atoms with Crippen molar-refractivity contribution in [1.29, 1.82) is 0 Å². The lowest BCUT2D eigenvalue weighted by atomic mass is 9.95. The minimum absolute atomic E-state index is 0.0385. The zero-order valence-corrected chi connectivity index (χ0v) is 16.5. The summed E-state index contributed by atoms with van der Waals surface area (Å²) in [5.41, 5.74) is 0.922. The van der Waals surface area contributed by atoms with E-state index in [1.807, 2.05) is 13.8 Å². The van der Waals surface area contributed by atoms with Crippen LogP contribution in [0.25, 0.3) is 0 Å². The fourth-order valence-electron chi connectivity index (χ4n) is 2.95. The van der Waals surface area contributed by atoms with E-state index in [-0.39, 0.29) is 35.3 Å². The van der Waals surface area contributed by atoms with Gasteiger partial charge in [0.1, 0.15) is 6.61 Å². The molecule has 0 spiro atoms. The SMILES string of the molecule is CCNC(=O)c1ccc(NC(=O)C2CCN(C(=O)COCC)CC2)cc1Cl. The third kappa shape index (κ3) is 5.94. The van der Waals surface area contributed by atoms with Gasteiger partial charge < -0.3 is 20.3 Å². The van der Waals surface area contributed by atoms with Crippen LogP contribution in [0.4, 0.5) is 5.69 Å². The molecule has 1 aromatic carbocycles. The van der Waals surface area contributed by atoms with Gasteiger partial charge in [0.25, 0.3) is 5.91 Å². The van der Waals surface area contributed by atoms with E-state index < -0.39 is 0 Å². The Labute approximate surface area is 164 Å². The van der Waals surface area contributed by atoms with Gasteiger partial charge in [0.05, 0.1) is 10.6 Å². The number of nitrogens with one attached hydrogen (secondary N) is 2. The molecule has 148 valence electrons. The highest BCUT2D eigenvalue weighted by molar-refractivity contribution is 6.34. The average molecular weight is 396 g/mol. The van der Waals surface area contributed by atoms with Crippen molar-refractivity contribution in [3.05, 3.63) is 28.8 Å². The normalized spacial score (nSPS) is 14.7. The predicted molar refractivity (Wildman–Crippen MR) is 104 cm³/mol. The Morgan fingerprint density at radius 2 is 1.93 bits per heavy atom. The maximum atomic E-state index is 12.5. The first-order valence-electron chi connectivity index (χ1n) is 9.20. The minimum atomic E-state index is -0.246. The highest BCUT2D eigenvalue weighted by Crippen LogP contribution is 2.23. The van der Waals surface area contributed by atoms with E-state index in [1.165, 1.54) is 0 Å². The van der Waals surface area contributed by atoms with Crippen LogP contribution in [-0.4, -0.2) is 55.5 Å². The van der Waals surface area contributed by atoms with Gasteiger partial charge in [-0.3, -0.25) is 14.4 Å². The van der Waals surface area contributed by atoms with Crippen molar-refractivity contribution in [3.63, 3.8) is 0 Å². The minimum Gasteiger partial charge on any atom is -0.372 e. The van der Waals surface area contributed by atoms with Crippen molar-refractivity contribution in [2.45, 2.75) is 26.7 Å². The topological polar surface area (TPSA) is 87.7 Å². The largest absolute Gasteiger partial charge is 0.372 e. The molecule has 0 aromatic heterocycles. The number of likely N-dealkylation sites (tertiary alicyclic amines) is 1. The summed E-state index contributed by atoms with van der Waals surface area (Å²) >= 11 is 6.16. The number of piperidine rings is 1. The molecule has 1 saturated heterocycles. The number of ether oxygens (including phenoxy) is 1. The van der Waals surface area contributed by atoms with E-state index in [0.29, 0.717) is 50.3 Å². The molecule has 8 heteroatoms. The molecule has 0 atom stereocenters. The summed E-state index contributed by atoms with van der Waals surface area (Å²) in [6, 6.07) is 4.83. The molecular weight excluding hydrogens is 370 g/mol. The van der Waals surface area contributed by atoms with Gasteiger partial charge in [0.15, 0.2) is 0 Å². The van der Waals surface area contributed by atoms with E-state index >= 15 is 0 Å². The Morgan fingerprint density at radius 3 is 2.52 bits per heavy atom. The van der Waals surface area contributed by atoms with Crippen molar-refractivity contribution < 1.29 is 19.1 Å².